The maximum absolute atomic E-state index is 12.8. The van der Waals surface area contributed by atoms with Crippen LogP contribution in [0, 0.1) is 5.92 Å². The zero-order valence-corrected chi connectivity index (χ0v) is 19.6. The van der Waals surface area contributed by atoms with Crippen molar-refractivity contribution in [2.24, 2.45) is 17.4 Å². The van der Waals surface area contributed by atoms with E-state index in [4.69, 9.17) is 11.5 Å². The van der Waals surface area contributed by atoms with Gasteiger partial charge in [-0.25, -0.2) is 4.79 Å². The van der Waals surface area contributed by atoms with Crippen molar-refractivity contribution in [3.05, 3.63) is 0 Å². The lowest BCUT2D eigenvalue weighted by Gasteiger charge is -2.27. The third-order valence-corrected chi connectivity index (χ3v) is 5.25. The van der Waals surface area contributed by atoms with E-state index in [-0.39, 0.29) is 19.3 Å². The molecule has 0 bridgehead atoms. The number of rotatable bonds is 15. The predicted molar refractivity (Wildman–Crippen MR) is 119 cm³/mol. The Morgan fingerprint density at radius 1 is 0.906 bits per heavy atom. The summed E-state index contributed by atoms with van der Waals surface area (Å²) in [5.74, 6) is -4.09. The van der Waals surface area contributed by atoms with Gasteiger partial charge in [0.25, 0.3) is 0 Å². The highest BCUT2D eigenvalue weighted by molar-refractivity contribution is 7.98. The molecule has 0 aromatic rings. The largest absolute Gasteiger partial charge is 0.480 e. The summed E-state index contributed by atoms with van der Waals surface area (Å²) >= 11 is 1.43. The highest BCUT2D eigenvalue weighted by Crippen LogP contribution is 2.08. The number of nitrogens with one attached hydrogen (secondary N) is 3. The van der Waals surface area contributed by atoms with Crippen molar-refractivity contribution in [3.63, 3.8) is 0 Å². The monoisotopic (exact) mass is 477 g/mol. The molecule has 0 aliphatic rings. The molecule has 0 spiro atoms. The molecule has 4 amide bonds. The maximum Gasteiger partial charge on any atom is 0.326 e. The van der Waals surface area contributed by atoms with Crippen LogP contribution < -0.4 is 27.4 Å². The van der Waals surface area contributed by atoms with E-state index in [9.17, 15) is 34.2 Å². The van der Waals surface area contributed by atoms with Gasteiger partial charge < -0.3 is 37.6 Å². The molecular formula is C19H35N5O7S. The fourth-order valence-electron chi connectivity index (χ4n) is 2.59. The number of primary amides is 1. The standard InChI is InChI=1S/C19H35N5O7S/c1-9(2)15(18(29)23-12(19(30)31)7-8-32-4)24-16(27)11(5-6-13(20)26)22-17(28)14(21)10(3)25/h9-12,14-15,25H,5-8,21H2,1-4H3,(H2,20,26)(H,22,28)(H,23,29)(H,24,27)(H,30,31). The van der Waals surface area contributed by atoms with Crippen molar-refractivity contribution in [2.75, 3.05) is 12.0 Å². The summed E-state index contributed by atoms with van der Waals surface area (Å²) in [4.78, 5) is 60.3. The number of carbonyl (C=O) groups excluding carboxylic acids is 4. The van der Waals surface area contributed by atoms with Crippen molar-refractivity contribution < 1.29 is 34.2 Å². The molecule has 0 rings (SSSR count). The van der Waals surface area contributed by atoms with E-state index in [1.807, 2.05) is 6.26 Å². The van der Waals surface area contributed by atoms with Crippen LogP contribution in [0.5, 0.6) is 0 Å². The molecule has 13 heteroatoms. The van der Waals surface area contributed by atoms with Gasteiger partial charge in [0.1, 0.15) is 24.2 Å². The Hall–Kier alpha value is -2.38. The van der Waals surface area contributed by atoms with Gasteiger partial charge in [-0.2, -0.15) is 11.8 Å². The van der Waals surface area contributed by atoms with E-state index in [1.165, 1.54) is 18.7 Å². The first-order valence-corrected chi connectivity index (χ1v) is 11.6. The second-order valence-corrected chi connectivity index (χ2v) is 8.73. The molecule has 5 atom stereocenters. The number of thioether (sulfide) groups is 1. The Bertz CT molecular complexity index is 674. The van der Waals surface area contributed by atoms with E-state index >= 15 is 0 Å². The molecule has 0 heterocycles. The Labute approximate surface area is 191 Å². The van der Waals surface area contributed by atoms with E-state index in [2.05, 4.69) is 16.0 Å². The van der Waals surface area contributed by atoms with Crippen molar-refractivity contribution in [1.29, 1.82) is 0 Å². The fourth-order valence-corrected chi connectivity index (χ4v) is 3.06. The van der Waals surface area contributed by atoms with Gasteiger partial charge in [0, 0.05) is 6.42 Å². The zero-order valence-electron chi connectivity index (χ0n) is 18.8. The summed E-state index contributed by atoms with van der Waals surface area (Å²) in [7, 11) is 0. The lowest BCUT2D eigenvalue weighted by atomic mass is 10.0. The van der Waals surface area contributed by atoms with Crippen LogP contribution >= 0.6 is 11.8 Å². The first-order chi connectivity index (χ1) is 14.8. The third kappa shape index (κ3) is 10.8. The molecule has 0 radical (unpaired) electrons. The minimum atomic E-state index is -1.31. The molecule has 184 valence electrons. The average molecular weight is 478 g/mol. The summed E-state index contributed by atoms with van der Waals surface area (Å²) in [5.41, 5.74) is 10.7. The van der Waals surface area contributed by atoms with Crippen molar-refractivity contribution >= 4 is 41.4 Å². The van der Waals surface area contributed by atoms with Crippen LogP contribution in [0.2, 0.25) is 0 Å². The maximum atomic E-state index is 12.8. The molecule has 0 saturated carbocycles. The number of hydrogen-bond donors (Lipinski definition) is 7. The van der Waals surface area contributed by atoms with Gasteiger partial charge >= 0.3 is 5.97 Å². The first-order valence-electron chi connectivity index (χ1n) is 10.2. The second kappa shape index (κ2) is 14.6. The number of hydrogen-bond acceptors (Lipinski definition) is 8. The highest BCUT2D eigenvalue weighted by Gasteiger charge is 2.32. The topological polar surface area (TPSA) is 214 Å². The smallest absolute Gasteiger partial charge is 0.326 e. The molecule has 0 aliphatic carbocycles. The zero-order chi connectivity index (χ0) is 25.0. The Morgan fingerprint density at radius 3 is 1.91 bits per heavy atom. The number of carbonyl (C=O) groups is 5. The molecule has 5 unspecified atom stereocenters. The van der Waals surface area contributed by atoms with E-state index in [0.29, 0.717) is 5.75 Å². The molecule has 0 aromatic carbocycles. The Morgan fingerprint density at radius 2 is 1.47 bits per heavy atom. The molecule has 0 aromatic heterocycles. The first kappa shape index (κ1) is 29.6. The lowest BCUT2D eigenvalue weighted by Crippen LogP contribution is -2.59. The minimum Gasteiger partial charge on any atom is -0.480 e. The Balaban J connectivity index is 5.44. The quantitative estimate of drug-likeness (QED) is 0.137. The summed E-state index contributed by atoms with van der Waals surface area (Å²) < 4.78 is 0. The summed E-state index contributed by atoms with van der Waals surface area (Å²) in [6, 6.07) is -4.78. The fraction of sp³-hybridized carbons (Fsp3) is 0.737. The predicted octanol–water partition coefficient (Wildman–Crippen LogP) is -2.09. The number of carboxylic acids is 1. The summed E-state index contributed by atoms with van der Waals surface area (Å²) in [5, 5.41) is 26.1. The summed E-state index contributed by atoms with van der Waals surface area (Å²) in [6.45, 7) is 4.61. The normalized spacial score (nSPS) is 15.7. The van der Waals surface area contributed by atoms with Crippen LogP contribution in [-0.4, -0.2) is 82.1 Å². The van der Waals surface area contributed by atoms with Gasteiger partial charge in [-0.15, -0.1) is 0 Å². The summed E-state index contributed by atoms with van der Waals surface area (Å²) in [6.07, 6.45) is 0.448. The van der Waals surface area contributed by atoms with Crippen LogP contribution in [0.15, 0.2) is 0 Å². The molecule has 12 nitrogen and oxygen atoms in total. The minimum absolute atomic E-state index is 0.155. The third-order valence-electron chi connectivity index (χ3n) is 4.61. The molecular weight excluding hydrogens is 442 g/mol. The number of aliphatic hydroxyl groups excluding tert-OH is 1. The van der Waals surface area contributed by atoms with Gasteiger partial charge in [0.2, 0.25) is 23.6 Å². The Kier molecular flexibility index (Phi) is 13.5. The number of amides is 4. The van der Waals surface area contributed by atoms with E-state index in [0.717, 1.165) is 0 Å². The molecule has 0 fully saturated rings. The average Bonchev–Trinajstić information content (AvgIpc) is 2.70. The highest BCUT2D eigenvalue weighted by atomic mass is 32.2. The molecule has 32 heavy (non-hydrogen) atoms. The lowest BCUT2D eigenvalue weighted by molar-refractivity contribution is -0.142. The van der Waals surface area contributed by atoms with Gasteiger partial charge in [0.05, 0.1) is 6.10 Å². The number of nitrogens with two attached hydrogens (primary N) is 2. The molecule has 0 aliphatic heterocycles. The van der Waals surface area contributed by atoms with Gasteiger partial charge in [-0.05, 0) is 37.7 Å². The van der Waals surface area contributed by atoms with E-state index < -0.39 is 65.8 Å². The van der Waals surface area contributed by atoms with Crippen molar-refractivity contribution in [2.45, 2.75) is 70.3 Å². The number of carboxylic acid groups (broad SMARTS) is 1. The van der Waals surface area contributed by atoms with E-state index in [1.54, 1.807) is 13.8 Å². The van der Waals surface area contributed by atoms with Crippen LogP contribution in [-0.2, 0) is 24.0 Å². The second-order valence-electron chi connectivity index (χ2n) is 7.74. The van der Waals surface area contributed by atoms with Crippen molar-refractivity contribution in [3.8, 4) is 0 Å². The van der Waals surface area contributed by atoms with Gasteiger partial charge in [0.15, 0.2) is 0 Å². The number of aliphatic carboxylic acids is 1. The SMILES string of the molecule is CSCCC(NC(=O)C(NC(=O)C(CCC(N)=O)NC(=O)C(N)C(C)O)C(C)C)C(=O)O. The van der Waals surface area contributed by atoms with Crippen LogP contribution in [0.1, 0.15) is 40.0 Å². The van der Waals surface area contributed by atoms with Crippen LogP contribution in [0.3, 0.4) is 0 Å². The molecule has 9 N–H and O–H groups in total. The van der Waals surface area contributed by atoms with Crippen LogP contribution in [0.4, 0.5) is 0 Å². The molecule has 0 saturated heterocycles. The van der Waals surface area contributed by atoms with Crippen LogP contribution in [0.25, 0.3) is 0 Å². The number of aliphatic hydroxyl groups is 1. The van der Waals surface area contributed by atoms with Crippen molar-refractivity contribution in [1.82, 2.24) is 16.0 Å². The van der Waals surface area contributed by atoms with Gasteiger partial charge in [-0.1, -0.05) is 13.8 Å². The van der Waals surface area contributed by atoms with Gasteiger partial charge in [-0.3, -0.25) is 19.2 Å².